The number of carbonyl (C=O) groups excluding carboxylic acids is 3. The Kier molecular flexibility index (Phi) is 3.28. The highest BCUT2D eigenvalue weighted by Crippen LogP contribution is 2.26. The molecule has 1 fully saturated rings. The van der Waals surface area contributed by atoms with Gasteiger partial charge in [-0.3, -0.25) is 14.4 Å². The highest BCUT2D eigenvalue weighted by molar-refractivity contribution is 6.19. The summed E-state index contributed by atoms with van der Waals surface area (Å²) in [6.07, 6.45) is -0.750. The van der Waals surface area contributed by atoms with Crippen LogP contribution in [0.2, 0.25) is 0 Å². The first-order valence-electron chi connectivity index (χ1n) is 5.19. The molecule has 20 heavy (non-hydrogen) atoms. The van der Waals surface area contributed by atoms with Crippen LogP contribution in [0.1, 0.15) is 23.2 Å². The summed E-state index contributed by atoms with van der Waals surface area (Å²) in [5.41, 5.74) is -1.83. The molecule has 4 nitrogen and oxygen atoms in total. The van der Waals surface area contributed by atoms with Crippen molar-refractivity contribution in [2.75, 3.05) is 0 Å². The molecule has 0 N–H and O–H groups in total. The van der Waals surface area contributed by atoms with Crippen molar-refractivity contribution in [3.05, 3.63) is 34.6 Å². The van der Waals surface area contributed by atoms with Gasteiger partial charge in [0.15, 0.2) is 23.3 Å². The zero-order valence-electron chi connectivity index (χ0n) is 9.48. The van der Waals surface area contributed by atoms with Gasteiger partial charge in [0.1, 0.15) is 5.56 Å². The van der Waals surface area contributed by atoms with E-state index in [0.717, 1.165) is 0 Å². The predicted octanol–water partition coefficient (Wildman–Crippen LogP) is 1.67. The third kappa shape index (κ3) is 1.86. The lowest BCUT2D eigenvalue weighted by Crippen LogP contribution is -2.37. The van der Waals surface area contributed by atoms with Gasteiger partial charge in [-0.25, -0.2) is 26.9 Å². The fourth-order valence-corrected chi connectivity index (χ4v) is 1.71. The van der Waals surface area contributed by atoms with Crippen LogP contribution in [0.4, 0.5) is 22.0 Å². The summed E-state index contributed by atoms with van der Waals surface area (Å²) in [5.74, 6) is -15.9. The van der Waals surface area contributed by atoms with E-state index in [-0.39, 0.29) is 17.7 Å². The van der Waals surface area contributed by atoms with Gasteiger partial charge in [0.25, 0.3) is 5.91 Å². The quantitative estimate of drug-likeness (QED) is 0.342. The number of hydrogen-bond acceptors (Lipinski definition) is 3. The molecule has 0 aromatic heterocycles. The Morgan fingerprint density at radius 2 is 1.10 bits per heavy atom. The van der Waals surface area contributed by atoms with Crippen molar-refractivity contribution in [3.8, 4) is 0 Å². The van der Waals surface area contributed by atoms with Crippen molar-refractivity contribution in [2.45, 2.75) is 12.8 Å². The number of nitrogens with zero attached hydrogens (tertiary/aromatic N) is 1. The Morgan fingerprint density at radius 3 is 1.50 bits per heavy atom. The topological polar surface area (TPSA) is 54.5 Å². The van der Waals surface area contributed by atoms with Gasteiger partial charge in [-0.2, -0.15) is 0 Å². The number of halogens is 5. The first-order chi connectivity index (χ1) is 9.27. The highest BCUT2D eigenvalue weighted by Gasteiger charge is 2.40. The maximum atomic E-state index is 13.4. The van der Waals surface area contributed by atoms with Crippen LogP contribution in [0.25, 0.3) is 0 Å². The van der Waals surface area contributed by atoms with Crippen LogP contribution in [-0.4, -0.2) is 22.6 Å². The lowest BCUT2D eigenvalue weighted by molar-refractivity contribution is -0.135. The maximum Gasteiger partial charge on any atom is 0.273 e. The van der Waals surface area contributed by atoms with Crippen LogP contribution >= 0.6 is 0 Å². The van der Waals surface area contributed by atoms with Crippen molar-refractivity contribution < 1.29 is 36.3 Å². The van der Waals surface area contributed by atoms with Crippen LogP contribution in [0.5, 0.6) is 0 Å². The summed E-state index contributed by atoms with van der Waals surface area (Å²) in [7, 11) is 0. The SMILES string of the molecule is O=C1CCC(=O)N1C(=O)c1c(F)c(F)c(F)c(F)c1F. The molecule has 0 spiro atoms. The Bertz CT molecular complexity index is 613. The molecule has 1 aliphatic heterocycles. The number of carbonyl (C=O) groups is 3. The standard InChI is InChI=1S/C11H4F5NO3/c12-6-5(7(13)9(15)10(16)8(6)14)11(20)17-3(18)1-2-4(17)19/h1-2H2. The Balaban J connectivity index is 2.62. The molecule has 0 aliphatic carbocycles. The molecule has 0 unspecified atom stereocenters. The lowest BCUT2D eigenvalue weighted by atomic mass is 10.1. The molecule has 1 aliphatic rings. The largest absolute Gasteiger partial charge is 0.274 e. The minimum Gasteiger partial charge on any atom is -0.274 e. The molecule has 1 aromatic rings. The molecule has 2 rings (SSSR count). The van der Waals surface area contributed by atoms with E-state index in [1.807, 2.05) is 0 Å². The van der Waals surface area contributed by atoms with E-state index in [1.54, 1.807) is 0 Å². The fourth-order valence-electron chi connectivity index (χ4n) is 1.71. The molecule has 1 aromatic carbocycles. The van der Waals surface area contributed by atoms with Gasteiger partial charge in [0.2, 0.25) is 17.6 Å². The van der Waals surface area contributed by atoms with Gasteiger partial charge in [-0.15, -0.1) is 0 Å². The number of benzene rings is 1. The van der Waals surface area contributed by atoms with Crippen LogP contribution in [0.15, 0.2) is 0 Å². The molecular weight excluding hydrogens is 289 g/mol. The van der Waals surface area contributed by atoms with Crippen LogP contribution in [-0.2, 0) is 9.59 Å². The van der Waals surface area contributed by atoms with Crippen molar-refractivity contribution in [2.24, 2.45) is 0 Å². The van der Waals surface area contributed by atoms with Gasteiger partial charge >= 0.3 is 0 Å². The summed E-state index contributed by atoms with van der Waals surface area (Å²) in [4.78, 5) is 34.0. The molecule has 0 bridgehead atoms. The second-order valence-corrected chi connectivity index (χ2v) is 3.87. The molecule has 3 amide bonds. The van der Waals surface area contributed by atoms with Crippen molar-refractivity contribution in [1.29, 1.82) is 0 Å². The first-order valence-corrected chi connectivity index (χ1v) is 5.19. The maximum absolute atomic E-state index is 13.4. The van der Waals surface area contributed by atoms with E-state index in [1.165, 1.54) is 0 Å². The molecule has 0 atom stereocenters. The fraction of sp³-hybridized carbons (Fsp3) is 0.182. The van der Waals surface area contributed by atoms with Crippen LogP contribution < -0.4 is 0 Å². The summed E-state index contributed by atoms with van der Waals surface area (Å²) >= 11 is 0. The Morgan fingerprint density at radius 1 is 0.750 bits per heavy atom. The van der Waals surface area contributed by atoms with Gasteiger partial charge in [0, 0.05) is 12.8 Å². The molecule has 1 heterocycles. The van der Waals surface area contributed by atoms with E-state index in [9.17, 15) is 36.3 Å². The molecule has 106 valence electrons. The lowest BCUT2D eigenvalue weighted by Gasteiger charge is -2.13. The third-order valence-corrected chi connectivity index (χ3v) is 2.68. The number of rotatable bonds is 1. The smallest absolute Gasteiger partial charge is 0.273 e. The third-order valence-electron chi connectivity index (χ3n) is 2.68. The number of hydrogen-bond donors (Lipinski definition) is 0. The highest BCUT2D eigenvalue weighted by atomic mass is 19.2. The van der Waals surface area contributed by atoms with E-state index in [0.29, 0.717) is 0 Å². The monoisotopic (exact) mass is 293 g/mol. The zero-order valence-corrected chi connectivity index (χ0v) is 9.48. The molecule has 9 heteroatoms. The minimum absolute atomic E-state index is 0.127. The average Bonchev–Trinajstić information content (AvgIpc) is 2.73. The zero-order chi connectivity index (χ0) is 15.2. The van der Waals surface area contributed by atoms with Gasteiger partial charge < -0.3 is 0 Å². The van der Waals surface area contributed by atoms with Crippen molar-refractivity contribution >= 4 is 17.7 Å². The number of likely N-dealkylation sites (tertiary alicyclic amines) is 1. The van der Waals surface area contributed by atoms with E-state index in [2.05, 4.69) is 0 Å². The predicted molar refractivity (Wildman–Crippen MR) is 51.6 cm³/mol. The van der Waals surface area contributed by atoms with Gasteiger partial charge in [-0.05, 0) is 0 Å². The average molecular weight is 293 g/mol. The minimum atomic E-state index is -2.43. The number of imide groups is 3. The van der Waals surface area contributed by atoms with Gasteiger partial charge in [-0.1, -0.05) is 0 Å². The molecule has 1 saturated heterocycles. The van der Waals surface area contributed by atoms with E-state index >= 15 is 0 Å². The summed E-state index contributed by atoms with van der Waals surface area (Å²) in [6, 6.07) is 0. The Labute approximate surface area is 107 Å². The summed E-state index contributed by atoms with van der Waals surface area (Å²) in [6.45, 7) is 0. The van der Waals surface area contributed by atoms with Gasteiger partial charge in [0.05, 0.1) is 0 Å². The van der Waals surface area contributed by atoms with Crippen molar-refractivity contribution in [1.82, 2.24) is 4.90 Å². The summed E-state index contributed by atoms with van der Waals surface area (Å²) in [5, 5.41) is 0. The second-order valence-electron chi connectivity index (χ2n) is 3.87. The number of amides is 3. The molecular formula is C11H4F5NO3. The molecule has 0 radical (unpaired) electrons. The van der Waals surface area contributed by atoms with Crippen LogP contribution in [0.3, 0.4) is 0 Å². The first kappa shape index (κ1) is 14.1. The molecule has 0 saturated carbocycles. The van der Waals surface area contributed by atoms with E-state index < -0.39 is 52.4 Å². The second kappa shape index (κ2) is 4.66. The summed E-state index contributed by atoms with van der Waals surface area (Å²) < 4.78 is 65.4. The van der Waals surface area contributed by atoms with Crippen molar-refractivity contribution in [3.63, 3.8) is 0 Å². The van der Waals surface area contributed by atoms with Crippen LogP contribution in [0, 0.1) is 29.1 Å². The Hall–Kier alpha value is -2.32. The van der Waals surface area contributed by atoms with E-state index in [4.69, 9.17) is 0 Å². The normalized spacial score (nSPS) is 15.2.